The molecule has 5 heteroatoms. The Balaban J connectivity index is 1.91. The molecule has 2 aromatic rings. The van der Waals surface area contributed by atoms with Gasteiger partial charge < -0.3 is 15.5 Å². The molecule has 0 heterocycles. The van der Waals surface area contributed by atoms with Gasteiger partial charge in [-0.1, -0.05) is 18.2 Å². The van der Waals surface area contributed by atoms with Crippen LogP contribution in [-0.2, 0) is 6.42 Å². The molecular formula is C15H14INO3. The van der Waals surface area contributed by atoms with Gasteiger partial charge in [0, 0.05) is 10.1 Å². The number of nitrogens with one attached hydrogen (secondary N) is 1. The molecule has 0 aliphatic rings. The van der Waals surface area contributed by atoms with Crippen LogP contribution in [0.3, 0.4) is 0 Å². The highest BCUT2D eigenvalue weighted by molar-refractivity contribution is 14.1. The molecule has 0 unspecified atom stereocenters. The van der Waals surface area contributed by atoms with E-state index in [1.54, 1.807) is 12.1 Å². The van der Waals surface area contributed by atoms with Crippen LogP contribution in [0.25, 0.3) is 0 Å². The number of hydrogen-bond acceptors (Lipinski definition) is 3. The summed E-state index contributed by atoms with van der Waals surface area (Å²) in [5, 5.41) is 21.4. The first kappa shape index (κ1) is 14.6. The Kier molecular flexibility index (Phi) is 4.84. The van der Waals surface area contributed by atoms with Gasteiger partial charge in [-0.2, -0.15) is 0 Å². The summed E-state index contributed by atoms with van der Waals surface area (Å²) in [5.74, 6) is -0.402. The van der Waals surface area contributed by atoms with Gasteiger partial charge in [0.2, 0.25) is 0 Å². The van der Waals surface area contributed by atoms with Crippen molar-refractivity contribution in [3.8, 4) is 11.5 Å². The maximum absolute atomic E-state index is 12.0. The molecule has 0 fully saturated rings. The third-order valence-electron chi connectivity index (χ3n) is 2.86. The highest BCUT2D eigenvalue weighted by atomic mass is 127. The number of hydrogen-bond donors (Lipinski definition) is 3. The van der Waals surface area contributed by atoms with Crippen LogP contribution in [0.2, 0.25) is 0 Å². The highest BCUT2D eigenvalue weighted by Gasteiger charge is 2.08. The first-order valence-electron chi connectivity index (χ1n) is 6.11. The zero-order valence-electron chi connectivity index (χ0n) is 10.6. The first-order valence-corrected chi connectivity index (χ1v) is 7.19. The summed E-state index contributed by atoms with van der Waals surface area (Å²) in [4.78, 5) is 12.0. The van der Waals surface area contributed by atoms with E-state index in [2.05, 4.69) is 27.9 Å². The fourth-order valence-corrected chi connectivity index (χ4v) is 2.42. The average Bonchev–Trinajstić information content (AvgIpc) is 2.43. The normalized spacial score (nSPS) is 10.2. The highest BCUT2D eigenvalue weighted by Crippen LogP contribution is 2.24. The smallest absolute Gasteiger partial charge is 0.252 e. The van der Waals surface area contributed by atoms with Gasteiger partial charge in [0.05, 0.1) is 5.56 Å². The summed E-state index contributed by atoms with van der Waals surface area (Å²) in [6, 6.07) is 12.0. The Bertz CT molecular complexity index is 628. The molecule has 3 N–H and O–H groups in total. The number of aromatic hydroxyl groups is 2. The van der Waals surface area contributed by atoms with Gasteiger partial charge in [-0.3, -0.25) is 4.79 Å². The molecule has 0 aliphatic carbocycles. The van der Waals surface area contributed by atoms with Crippen molar-refractivity contribution in [3.63, 3.8) is 0 Å². The molecule has 1 amide bonds. The predicted octanol–water partition coefficient (Wildman–Crippen LogP) is 2.67. The van der Waals surface area contributed by atoms with E-state index in [9.17, 15) is 15.0 Å². The van der Waals surface area contributed by atoms with Crippen LogP contribution >= 0.6 is 22.6 Å². The van der Waals surface area contributed by atoms with Gasteiger partial charge in [0.15, 0.2) is 11.5 Å². The molecule has 2 rings (SSSR count). The van der Waals surface area contributed by atoms with Crippen molar-refractivity contribution >= 4 is 28.5 Å². The van der Waals surface area contributed by atoms with Crippen LogP contribution in [0.5, 0.6) is 11.5 Å². The number of carbonyl (C=O) groups excluding carboxylic acids is 1. The Labute approximate surface area is 130 Å². The quantitative estimate of drug-likeness (QED) is 0.562. The van der Waals surface area contributed by atoms with Crippen LogP contribution < -0.4 is 5.32 Å². The second-order valence-electron chi connectivity index (χ2n) is 4.31. The van der Waals surface area contributed by atoms with Gasteiger partial charge in [-0.05, 0) is 58.8 Å². The van der Waals surface area contributed by atoms with Gasteiger partial charge in [-0.15, -0.1) is 0 Å². The Morgan fingerprint density at radius 2 is 1.85 bits per heavy atom. The molecule has 0 aromatic heterocycles. The minimum atomic E-state index is -0.147. The molecule has 20 heavy (non-hydrogen) atoms. The number of phenolic OH excluding ortho intramolecular Hbond substituents is 2. The molecule has 4 nitrogen and oxygen atoms in total. The Morgan fingerprint density at radius 3 is 2.55 bits per heavy atom. The van der Waals surface area contributed by atoms with Crippen LogP contribution in [-0.4, -0.2) is 22.7 Å². The zero-order chi connectivity index (χ0) is 14.5. The lowest BCUT2D eigenvalue weighted by Crippen LogP contribution is -2.26. The number of halogens is 1. The molecule has 0 saturated carbocycles. The van der Waals surface area contributed by atoms with Crippen molar-refractivity contribution < 1.29 is 15.0 Å². The summed E-state index contributed by atoms with van der Waals surface area (Å²) in [6.45, 7) is 0.466. The van der Waals surface area contributed by atoms with E-state index < -0.39 is 0 Å². The largest absolute Gasteiger partial charge is 0.504 e. The molecule has 104 valence electrons. The third kappa shape index (κ3) is 3.63. The Hall–Kier alpha value is -1.76. The van der Waals surface area contributed by atoms with Crippen molar-refractivity contribution in [3.05, 3.63) is 57.2 Å². The SMILES string of the molecule is O=C(NCCc1ccc(O)c(O)c1)c1ccccc1I. The molecule has 0 aliphatic heterocycles. The lowest BCUT2D eigenvalue weighted by Gasteiger charge is -2.07. The molecule has 2 aromatic carbocycles. The summed E-state index contributed by atoms with van der Waals surface area (Å²) in [6.07, 6.45) is 0.586. The summed E-state index contributed by atoms with van der Waals surface area (Å²) in [5.41, 5.74) is 1.50. The number of carbonyl (C=O) groups is 1. The fourth-order valence-electron chi connectivity index (χ4n) is 1.79. The van der Waals surface area contributed by atoms with E-state index in [1.165, 1.54) is 12.1 Å². The lowest BCUT2D eigenvalue weighted by atomic mass is 10.1. The predicted molar refractivity (Wildman–Crippen MR) is 85.0 cm³/mol. The minimum Gasteiger partial charge on any atom is -0.504 e. The lowest BCUT2D eigenvalue weighted by molar-refractivity contribution is 0.0953. The molecule has 0 atom stereocenters. The standard InChI is InChI=1S/C15H14INO3/c16-12-4-2-1-3-11(12)15(20)17-8-7-10-5-6-13(18)14(19)9-10/h1-6,9,18-19H,7-8H2,(H,17,20). The first-order chi connectivity index (χ1) is 9.58. The molecule has 0 spiro atoms. The maximum Gasteiger partial charge on any atom is 0.252 e. The molecular weight excluding hydrogens is 369 g/mol. The fraction of sp³-hybridized carbons (Fsp3) is 0.133. The van der Waals surface area contributed by atoms with Gasteiger partial charge in [0.1, 0.15) is 0 Å². The summed E-state index contributed by atoms with van der Waals surface area (Å²) >= 11 is 2.13. The number of benzene rings is 2. The number of rotatable bonds is 4. The number of phenols is 2. The third-order valence-corrected chi connectivity index (χ3v) is 3.80. The van der Waals surface area contributed by atoms with Crippen LogP contribution in [0.15, 0.2) is 42.5 Å². The zero-order valence-corrected chi connectivity index (χ0v) is 12.8. The second kappa shape index (κ2) is 6.60. The molecule has 0 bridgehead atoms. The summed E-state index contributed by atoms with van der Waals surface area (Å²) in [7, 11) is 0. The maximum atomic E-state index is 12.0. The topological polar surface area (TPSA) is 69.6 Å². The van der Waals surface area contributed by atoms with E-state index in [4.69, 9.17) is 0 Å². The van der Waals surface area contributed by atoms with Gasteiger partial charge in [0.25, 0.3) is 5.91 Å². The average molecular weight is 383 g/mol. The van der Waals surface area contributed by atoms with Crippen molar-refractivity contribution in [2.45, 2.75) is 6.42 Å². The molecule has 0 radical (unpaired) electrons. The van der Waals surface area contributed by atoms with Crippen molar-refractivity contribution in [2.24, 2.45) is 0 Å². The van der Waals surface area contributed by atoms with Crippen molar-refractivity contribution in [2.75, 3.05) is 6.54 Å². The van der Waals surface area contributed by atoms with E-state index in [-0.39, 0.29) is 17.4 Å². The van der Waals surface area contributed by atoms with Gasteiger partial charge >= 0.3 is 0 Å². The van der Waals surface area contributed by atoms with Crippen molar-refractivity contribution in [1.29, 1.82) is 0 Å². The monoisotopic (exact) mass is 383 g/mol. The van der Waals surface area contributed by atoms with E-state index in [0.717, 1.165) is 9.13 Å². The van der Waals surface area contributed by atoms with Crippen LogP contribution in [0, 0.1) is 3.57 Å². The summed E-state index contributed by atoms with van der Waals surface area (Å²) < 4.78 is 0.907. The van der Waals surface area contributed by atoms with Crippen LogP contribution in [0.4, 0.5) is 0 Å². The Morgan fingerprint density at radius 1 is 1.10 bits per heavy atom. The molecule has 0 saturated heterocycles. The van der Waals surface area contributed by atoms with Crippen molar-refractivity contribution in [1.82, 2.24) is 5.32 Å². The number of amides is 1. The van der Waals surface area contributed by atoms with E-state index in [1.807, 2.05) is 18.2 Å². The van der Waals surface area contributed by atoms with E-state index >= 15 is 0 Å². The second-order valence-corrected chi connectivity index (χ2v) is 5.47. The van der Waals surface area contributed by atoms with E-state index in [0.29, 0.717) is 18.5 Å². The van der Waals surface area contributed by atoms with Gasteiger partial charge in [-0.25, -0.2) is 0 Å². The minimum absolute atomic E-state index is 0.113. The van der Waals surface area contributed by atoms with Crippen LogP contribution in [0.1, 0.15) is 15.9 Å².